The Hall–Kier alpha value is -1.44. The maximum Gasteiger partial charge on any atom is 0.173 e. The van der Waals surface area contributed by atoms with Gasteiger partial charge in [0.2, 0.25) is 0 Å². The van der Waals surface area contributed by atoms with Crippen molar-refractivity contribution in [3.63, 3.8) is 0 Å². The molecule has 0 aromatic carbocycles. The van der Waals surface area contributed by atoms with E-state index >= 15 is 0 Å². The summed E-state index contributed by atoms with van der Waals surface area (Å²) in [5.41, 5.74) is 1.47. The maximum absolute atomic E-state index is 14.9. The standard InChI is InChI=1S/C19H30FN5S/c1-5-7-16(21-12-6-2)19-17(20)18(22-23-19)14-8-10-15(11-9-14)25-26-24-13(3)4/h6-7,12-15,24-25H,2,5,8-11H2,1,3-4H3,(H,22,23)/b16-7+,21-12?. The lowest BCUT2D eigenvalue weighted by Crippen LogP contribution is -2.32. The molecule has 0 bridgehead atoms. The minimum Gasteiger partial charge on any atom is -0.279 e. The lowest BCUT2D eigenvalue weighted by atomic mass is 9.84. The predicted octanol–water partition coefficient (Wildman–Crippen LogP) is 4.73. The van der Waals surface area contributed by atoms with Crippen molar-refractivity contribution in [3.8, 4) is 0 Å². The summed E-state index contributed by atoms with van der Waals surface area (Å²) in [5, 5.41) is 7.13. The molecule has 3 N–H and O–H groups in total. The van der Waals surface area contributed by atoms with E-state index in [1.165, 1.54) is 0 Å². The van der Waals surface area contributed by atoms with Crippen LogP contribution in [-0.4, -0.2) is 28.5 Å². The summed E-state index contributed by atoms with van der Waals surface area (Å²) in [7, 11) is 0. The van der Waals surface area contributed by atoms with Gasteiger partial charge in [-0.05, 0) is 46.0 Å². The second kappa shape index (κ2) is 10.6. The van der Waals surface area contributed by atoms with Gasteiger partial charge in [0.25, 0.3) is 0 Å². The third-order valence-electron chi connectivity index (χ3n) is 4.35. The number of aromatic nitrogens is 2. The molecule has 1 saturated carbocycles. The van der Waals surface area contributed by atoms with Crippen LogP contribution in [0.3, 0.4) is 0 Å². The average molecular weight is 380 g/mol. The first-order chi connectivity index (χ1) is 12.6. The number of hydrogen-bond acceptors (Lipinski definition) is 5. The highest BCUT2D eigenvalue weighted by Gasteiger charge is 2.28. The molecule has 2 rings (SSSR count). The van der Waals surface area contributed by atoms with Crippen molar-refractivity contribution in [2.45, 2.75) is 70.9 Å². The van der Waals surface area contributed by atoms with Crippen LogP contribution < -0.4 is 9.44 Å². The minimum atomic E-state index is -0.266. The summed E-state index contributed by atoms with van der Waals surface area (Å²) >= 11 is 1.56. The van der Waals surface area contributed by atoms with Gasteiger partial charge in [0.05, 0.1) is 11.4 Å². The normalized spacial score (nSPS) is 21.7. The van der Waals surface area contributed by atoms with Crippen molar-refractivity contribution in [1.29, 1.82) is 0 Å². The van der Waals surface area contributed by atoms with Gasteiger partial charge in [-0.2, -0.15) is 5.10 Å². The Morgan fingerprint density at radius 2 is 2.15 bits per heavy atom. The first kappa shape index (κ1) is 20.9. The number of aliphatic imine (C=N–C) groups is 1. The fourth-order valence-electron chi connectivity index (χ4n) is 3.05. The fourth-order valence-corrected chi connectivity index (χ4v) is 3.76. The number of nitrogens with zero attached hydrogens (tertiary/aromatic N) is 2. The number of rotatable bonds is 9. The fraction of sp³-hybridized carbons (Fsp3) is 0.579. The number of hydrogen-bond donors (Lipinski definition) is 3. The summed E-state index contributed by atoms with van der Waals surface area (Å²) in [6.07, 6.45) is 9.73. The van der Waals surface area contributed by atoms with Crippen LogP contribution >= 0.6 is 12.1 Å². The topological polar surface area (TPSA) is 65.1 Å². The van der Waals surface area contributed by atoms with Gasteiger partial charge in [0.15, 0.2) is 5.82 Å². The number of halogens is 1. The summed E-state index contributed by atoms with van der Waals surface area (Å²) in [5.74, 6) is -0.0817. The summed E-state index contributed by atoms with van der Waals surface area (Å²) < 4.78 is 21.7. The van der Waals surface area contributed by atoms with E-state index in [0.29, 0.717) is 29.2 Å². The Bertz CT molecular complexity index is 630. The monoisotopic (exact) mass is 379 g/mol. The van der Waals surface area contributed by atoms with E-state index in [1.54, 1.807) is 24.4 Å². The third-order valence-corrected chi connectivity index (χ3v) is 5.39. The second-order valence-electron chi connectivity index (χ2n) is 6.85. The lowest BCUT2D eigenvalue weighted by molar-refractivity contribution is 0.369. The molecule has 1 aliphatic carbocycles. The Kier molecular flexibility index (Phi) is 8.54. The van der Waals surface area contributed by atoms with E-state index in [2.05, 4.69) is 45.1 Å². The molecule has 0 radical (unpaired) electrons. The van der Waals surface area contributed by atoms with Gasteiger partial charge in [-0.15, -0.1) is 0 Å². The van der Waals surface area contributed by atoms with Gasteiger partial charge in [0.1, 0.15) is 5.69 Å². The third kappa shape index (κ3) is 5.79. The van der Waals surface area contributed by atoms with Gasteiger partial charge < -0.3 is 0 Å². The molecule has 7 heteroatoms. The van der Waals surface area contributed by atoms with E-state index in [-0.39, 0.29) is 11.7 Å². The molecule has 0 amide bonds. The molecule has 0 saturated heterocycles. The van der Waals surface area contributed by atoms with Gasteiger partial charge in [0, 0.05) is 36.4 Å². The Morgan fingerprint density at radius 1 is 1.42 bits per heavy atom. The molecule has 0 unspecified atom stereocenters. The zero-order valence-corrected chi connectivity index (χ0v) is 16.7. The van der Waals surface area contributed by atoms with Gasteiger partial charge in [-0.3, -0.25) is 10.1 Å². The van der Waals surface area contributed by atoms with Crippen LogP contribution in [0.15, 0.2) is 23.7 Å². The van der Waals surface area contributed by atoms with Crippen molar-refractivity contribution in [3.05, 3.63) is 35.9 Å². The Balaban J connectivity index is 1.99. The first-order valence-corrected chi connectivity index (χ1v) is 10.1. The van der Waals surface area contributed by atoms with E-state index in [9.17, 15) is 4.39 Å². The van der Waals surface area contributed by atoms with E-state index in [4.69, 9.17) is 0 Å². The highest BCUT2D eigenvalue weighted by molar-refractivity contribution is 7.95. The largest absolute Gasteiger partial charge is 0.279 e. The van der Waals surface area contributed by atoms with Crippen LogP contribution in [0.2, 0.25) is 0 Å². The number of allylic oxidation sites excluding steroid dienone is 2. The molecule has 5 nitrogen and oxygen atoms in total. The summed E-state index contributed by atoms with van der Waals surface area (Å²) in [4.78, 5) is 4.26. The quantitative estimate of drug-likeness (QED) is 0.428. The Labute approximate surface area is 160 Å². The zero-order chi connectivity index (χ0) is 18.9. The van der Waals surface area contributed by atoms with E-state index in [1.807, 2.05) is 13.0 Å². The highest BCUT2D eigenvalue weighted by atomic mass is 32.2. The molecule has 1 heterocycles. The molecule has 26 heavy (non-hydrogen) atoms. The van der Waals surface area contributed by atoms with Gasteiger partial charge >= 0.3 is 0 Å². The SMILES string of the molecule is C=CC=N/C(=C/CC)c1n[nH]c(C2CCC(NSNC(C)C)CC2)c1F. The molecule has 1 aliphatic rings. The van der Waals surface area contributed by atoms with Crippen LogP contribution in [0, 0.1) is 5.82 Å². The predicted molar refractivity (Wildman–Crippen MR) is 109 cm³/mol. The van der Waals surface area contributed by atoms with Crippen LogP contribution in [0.4, 0.5) is 4.39 Å². The van der Waals surface area contributed by atoms with Crippen LogP contribution in [0.25, 0.3) is 5.70 Å². The molecule has 0 atom stereocenters. The molecule has 1 fully saturated rings. The number of nitrogens with one attached hydrogen (secondary N) is 3. The molecular formula is C19H30FN5S. The van der Waals surface area contributed by atoms with Crippen molar-refractivity contribution >= 4 is 24.0 Å². The van der Waals surface area contributed by atoms with Crippen LogP contribution in [-0.2, 0) is 0 Å². The number of H-pyrrole nitrogens is 1. The number of aromatic amines is 1. The van der Waals surface area contributed by atoms with E-state index < -0.39 is 0 Å². The van der Waals surface area contributed by atoms with E-state index in [0.717, 1.165) is 32.1 Å². The smallest absolute Gasteiger partial charge is 0.173 e. The summed E-state index contributed by atoms with van der Waals surface area (Å²) in [6, 6.07) is 0.899. The van der Waals surface area contributed by atoms with Gasteiger partial charge in [-0.1, -0.05) is 25.7 Å². The van der Waals surface area contributed by atoms with Crippen molar-refractivity contribution < 1.29 is 4.39 Å². The molecule has 1 aromatic heterocycles. The molecule has 0 aliphatic heterocycles. The average Bonchev–Trinajstić information content (AvgIpc) is 3.00. The maximum atomic E-state index is 14.9. The van der Waals surface area contributed by atoms with Crippen molar-refractivity contribution in [2.24, 2.45) is 4.99 Å². The van der Waals surface area contributed by atoms with Crippen LogP contribution in [0.1, 0.15) is 70.2 Å². The molecule has 0 spiro atoms. The lowest BCUT2D eigenvalue weighted by Gasteiger charge is -2.28. The second-order valence-corrected chi connectivity index (χ2v) is 7.53. The molecular weight excluding hydrogens is 349 g/mol. The van der Waals surface area contributed by atoms with Crippen LogP contribution in [0.5, 0.6) is 0 Å². The molecule has 1 aromatic rings. The van der Waals surface area contributed by atoms with Crippen molar-refractivity contribution in [2.75, 3.05) is 0 Å². The zero-order valence-electron chi connectivity index (χ0n) is 15.9. The molecule has 144 valence electrons. The van der Waals surface area contributed by atoms with Crippen molar-refractivity contribution in [1.82, 2.24) is 19.6 Å². The van der Waals surface area contributed by atoms with Gasteiger partial charge in [-0.25, -0.2) is 13.8 Å². The summed E-state index contributed by atoms with van der Waals surface area (Å²) in [6.45, 7) is 9.84. The minimum absolute atomic E-state index is 0.184. The highest BCUT2D eigenvalue weighted by Crippen LogP contribution is 2.35. The Morgan fingerprint density at radius 3 is 2.77 bits per heavy atom. The first-order valence-electron chi connectivity index (χ1n) is 9.33.